The Morgan fingerprint density at radius 3 is 2.32 bits per heavy atom. The second kappa shape index (κ2) is 12.8. The van der Waals surface area contributed by atoms with Crippen molar-refractivity contribution >= 4 is 17.8 Å². The normalized spacial score (nSPS) is 40.3. The Balaban J connectivity index is 1.24. The van der Waals surface area contributed by atoms with Crippen LogP contribution >= 0.6 is 0 Å². The molecule has 0 unspecified atom stereocenters. The summed E-state index contributed by atoms with van der Waals surface area (Å²) in [6, 6.07) is 5.88. The first-order chi connectivity index (χ1) is 23.3. The van der Waals surface area contributed by atoms with Crippen molar-refractivity contribution in [3.8, 4) is 0 Å². The first kappa shape index (κ1) is 37.1. The Hall–Kier alpha value is -2.70. The number of amides is 1. The fourth-order valence-electron chi connectivity index (χ4n) is 13.6. The summed E-state index contributed by atoms with van der Waals surface area (Å²) in [6.07, 6.45) is 12.2. The summed E-state index contributed by atoms with van der Waals surface area (Å²) in [5.41, 5.74) is 1.38. The third-order valence-electron chi connectivity index (χ3n) is 16.1. The lowest BCUT2D eigenvalue weighted by atomic mass is 9.32. The molecule has 5 aliphatic carbocycles. The van der Waals surface area contributed by atoms with Crippen LogP contribution in [-0.4, -0.2) is 34.0 Å². The summed E-state index contributed by atoms with van der Waals surface area (Å²) in [6.45, 7) is 23.3. The largest absolute Gasteiger partial charge is 0.481 e. The molecule has 276 valence electrons. The molecule has 1 heterocycles. The van der Waals surface area contributed by atoms with Crippen LogP contribution in [-0.2, 0) is 25.7 Å². The summed E-state index contributed by atoms with van der Waals surface area (Å²) < 4.78 is 6.27. The quantitative estimate of drug-likeness (QED) is 0.198. The van der Waals surface area contributed by atoms with Gasteiger partial charge in [0.25, 0.3) is 0 Å². The van der Waals surface area contributed by atoms with Gasteiger partial charge in [-0.25, -0.2) is 0 Å². The highest BCUT2D eigenvalue weighted by atomic mass is 16.5. The van der Waals surface area contributed by atoms with E-state index in [9.17, 15) is 19.5 Å². The van der Waals surface area contributed by atoms with E-state index >= 15 is 0 Å². The van der Waals surface area contributed by atoms with Crippen molar-refractivity contribution in [2.24, 2.45) is 62.1 Å². The van der Waals surface area contributed by atoms with Crippen molar-refractivity contribution in [3.63, 3.8) is 0 Å². The molecule has 5 fully saturated rings. The smallest absolute Gasteiger partial charge is 0.306 e. The highest BCUT2D eigenvalue weighted by molar-refractivity contribution is 5.84. The van der Waals surface area contributed by atoms with Crippen molar-refractivity contribution < 1.29 is 24.2 Å². The molecule has 0 radical (unpaired) electrons. The molecule has 5 saturated carbocycles. The molecule has 0 aromatic carbocycles. The number of esters is 1. The molecule has 1 aromatic heterocycles. The number of hydrogen-bond donors (Lipinski definition) is 2. The summed E-state index contributed by atoms with van der Waals surface area (Å²) in [5.74, 6) is 1.22. The number of hydrogen-bond acceptors (Lipinski definition) is 5. The van der Waals surface area contributed by atoms with Gasteiger partial charge in [-0.2, -0.15) is 0 Å². The van der Waals surface area contributed by atoms with Crippen LogP contribution in [0, 0.1) is 62.1 Å². The molecule has 7 nitrogen and oxygen atoms in total. The number of pyridine rings is 1. The number of nitrogens with one attached hydrogen (secondary N) is 1. The predicted octanol–water partition coefficient (Wildman–Crippen LogP) is 9.16. The monoisotopic (exact) mass is 688 g/mol. The predicted molar refractivity (Wildman–Crippen MR) is 196 cm³/mol. The van der Waals surface area contributed by atoms with Crippen LogP contribution in [0.3, 0.4) is 0 Å². The van der Waals surface area contributed by atoms with Crippen LogP contribution in [0.25, 0.3) is 0 Å². The second-order valence-corrected chi connectivity index (χ2v) is 19.6. The number of carboxylic acids is 1. The van der Waals surface area contributed by atoms with E-state index in [4.69, 9.17) is 4.74 Å². The van der Waals surface area contributed by atoms with Gasteiger partial charge < -0.3 is 15.2 Å². The molecule has 7 heteroatoms. The topological polar surface area (TPSA) is 106 Å². The summed E-state index contributed by atoms with van der Waals surface area (Å²) >= 11 is 0. The van der Waals surface area contributed by atoms with Crippen molar-refractivity contribution in [1.29, 1.82) is 0 Å². The number of carbonyl (C=O) groups is 3. The summed E-state index contributed by atoms with van der Waals surface area (Å²) in [4.78, 5) is 43.5. The van der Waals surface area contributed by atoms with Crippen LogP contribution in [0.1, 0.15) is 138 Å². The number of fused-ring (bicyclic) bond motifs is 7. The molecule has 1 aromatic rings. The molecular weight excluding hydrogens is 624 g/mol. The van der Waals surface area contributed by atoms with Gasteiger partial charge in [0.15, 0.2) is 0 Å². The van der Waals surface area contributed by atoms with E-state index in [2.05, 4.69) is 58.4 Å². The fourth-order valence-corrected chi connectivity index (χ4v) is 13.6. The van der Waals surface area contributed by atoms with Gasteiger partial charge in [0, 0.05) is 11.6 Å². The minimum Gasteiger partial charge on any atom is -0.481 e. The lowest BCUT2D eigenvalue weighted by Gasteiger charge is -2.72. The molecule has 50 heavy (non-hydrogen) atoms. The van der Waals surface area contributed by atoms with Crippen molar-refractivity contribution in [3.05, 3.63) is 42.2 Å². The average Bonchev–Trinajstić information content (AvgIpc) is 3.42. The SMILES string of the molecule is C=C(C)[C@@H]1CC[C@]2(C(=O)NCc3ccccn3)CC[C@]3(C)[C@H](CC[C@@H]4[C@@]5(C)CC[C@H](OC(=O)CC(C)(C)CC(=O)O)C(C)(C)[C@@H]5CC[C@]43C)[C@@H]12. The molecule has 0 aliphatic heterocycles. The lowest BCUT2D eigenvalue weighted by Crippen LogP contribution is -2.67. The Morgan fingerprint density at radius 1 is 0.920 bits per heavy atom. The molecule has 5 aliphatic rings. The van der Waals surface area contributed by atoms with Gasteiger partial charge in [0.1, 0.15) is 6.10 Å². The number of rotatable bonds is 9. The van der Waals surface area contributed by atoms with E-state index in [-0.39, 0.29) is 57.9 Å². The Morgan fingerprint density at radius 2 is 1.66 bits per heavy atom. The average molecular weight is 689 g/mol. The van der Waals surface area contributed by atoms with Gasteiger partial charge >= 0.3 is 11.9 Å². The number of nitrogens with zero attached hydrogens (tertiary/aromatic N) is 1. The van der Waals surface area contributed by atoms with Crippen LogP contribution in [0.4, 0.5) is 0 Å². The van der Waals surface area contributed by atoms with Gasteiger partial charge in [0.2, 0.25) is 5.91 Å². The van der Waals surface area contributed by atoms with E-state index in [1.54, 1.807) is 6.20 Å². The van der Waals surface area contributed by atoms with Gasteiger partial charge in [-0.1, -0.05) is 66.7 Å². The first-order valence-electron chi connectivity index (χ1n) is 19.6. The van der Waals surface area contributed by atoms with Crippen LogP contribution in [0.2, 0.25) is 0 Å². The van der Waals surface area contributed by atoms with E-state index in [1.165, 1.54) is 12.0 Å². The molecule has 6 rings (SSSR count). The van der Waals surface area contributed by atoms with Gasteiger partial charge in [-0.05, 0) is 135 Å². The maximum atomic E-state index is 14.4. The maximum Gasteiger partial charge on any atom is 0.306 e. The van der Waals surface area contributed by atoms with Gasteiger partial charge in [0.05, 0.1) is 30.5 Å². The zero-order valence-corrected chi connectivity index (χ0v) is 32.2. The summed E-state index contributed by atoms with van der Waals surface area (Å²) in [5, 5.41) is 12.7. The molecule has 0 spiro atoms. The molecule has 0 bridgehead atoms. The standard InChI is InChI=1S/C43H64N2O5/c1-27(2)29-15-20-43(37(49)45-26-28-12-10-11-23-44-28)22-21-41(8)30(36(29)43)13-14-32-40(7)18-17-33(39(5,6)31(40)16-19-42(32,41)9)50-35(48)25-38(3,4)24-34(46)47/h10-12,23,29-33,36H,1,13-22,24-26H2,2-9H3,(H,45,49)(H,46,47)/t29-,30+,31-,32+,33-,36+,40-,41+,42+,43-/m0/s1. The minimum atomic E-state index is -0.888. The number of aromatic nitrogens is 1. The van der Waals surface area contributed by atoms with E-state index in [0.717, 1.165) is 63.5 Å². The fraction of sp³-hybridized carbons (Fsp3) is 0.767. The van der Waals surface area contributed by atoms with E-state index in [1.807, 2.05) is 32.0 Å². The highest BCUT2D eigenvalue weighted by Gasteiger charge is 2.72. The number of ether oxygens (including phenoxy) is 1. The van der Waals surface area contributed by atoms with Crippen LogP contribution in [0.15, 0.2) is 36.5 Å². The van der Waals surface area contributed by atoms with Crippen molar-refractivity contribution in [2.45, 2.75) is 145 Å². The Labute approximate surface area is 301 Å². The molecule has 1 amide bonds. The summed E-state index contributed by atoms with van der Waals surface area (Å²) in [7, 11) is 0. The number of aliphatic carboxylic acids is 1. The van der Waals surface area contributed by atoms with Crippen molar-refractivity contribution in [2.75, 3.05) is 0 Å². The Kier molecular flexibility index (Phi) is 9.46. The number of carbonyl (C=O) groups excluding carboxylic acids is 2. The van der Waals surface area contributed by atoms with Gasteiger partial charge in [-0.15, -0.1) is 0 Å². The molecular formula is C43H64N2O5. The van der Waals surface area contributed by atoms with Gasteiger partial charge in [-0.3, -0.25) is 19.4 Å². The second-order valence-electron chi connectivity index (χ2n) is 19.6. The molecule has 0 saturated heterocycles. The Bertz CT molecular complexity index is 1500. The minimum absolute atomic E-state index is 0.0538. The molecule has 2 N–H and O–H groups in total. The third kappa shape index (κ3) is 5.85. The number of carboxylic acid groups (broad SMARTS) is 1. The number of allylic oxidation sites excluding steroid dienone is 1. The third-order valence-corrected chi connectivity index (χ3v) is 16.1. The maximum absolute atomic E-state index is 14.4. The zero-order valence-electron chi connectivity index (χ0n) is 32.2. The zero-order chi connectivity index (χ0) is 36.5. The van der Waals surface area contributed by atoms with Crippen LogP contribution in [0.5, 0.6) is 0 Å². The first-order valence-corrected chi connectivity index (χ1v) is 19.6. The van der Waals surface area contributed by atoms with Crippen molar-refractivity contribution in [1.82, 2.24) is 10.3 Å². The van der Waals surface area contributed by atoms with E-state index in [0.29, 0.717) is 36.1 Å². The van der Waals surface area contributed by atoms with E-state index < -0.39 is 11.4 Å². The highest BCUT2D eigenvalue weighted by Crippen LogP contribution is 2.77. The van der Waals surface area contributed by atoms with Crippen LogP contribution < -0.4 is 5.32 Å². The lowest BCUT2D eigenvalue weighted by molar-refractivity contribution is -0.249. The molecule has 10 atom stereocenters.